The van der Waals surface area contributed by atoms with Gasteiger partial charge in [-0.3, -0.25) is 19.2 Å². The zero-order valence-electron chi connectivity index (χ0n) is 24.8. The number of carbonyl (C=O) groups is 4. The van der Waals surface area contributed by atoms with Crippen LogP contribution in [0.3, 0.4) is 0 Å². The maximum absolute atomic E-state index is 12.1. The lowest BCUT2D eigenvalue weighted by Gasteiger charge is -2.26. The third kappa shape index (κ3) is 10.6. The molecule has 0 atom stereocenters. The molecule has 0 heterocycles. The molecule has 0 N–H and O–H groups in total. The first-order chi connectivity index (χ1) is 20.7. The van der Waals surface area contributed by atoms with Crippen LogP contribution in [-0.4, -0.2) is 91.7 Å². The van der Waals surface area contributed by atoms with E-state index in [1.54, 1.807) is 30.3 Å². The van der Waals surface area contributed by atoms with E-state index in [1.165, 1.54) is 50.4 Å². The van der Waals surface area contributed by atoms with Gasteiger partial charge in [-0.2, -0.15) is 5.26 Å². The highest BCUT2D eigenvalue weighted by Gasteiger charge is 2.22. The molecule has 0 aliphatic rings. The molecule has 0 fully saturated rings. The fourth-order valence-corrected chi connectivity index (χ4v) is 3.83. The number of benzene rings is 2. The van der Waals surface area contributed by atoms with E-state index in [2.05, 4.69) is 0 Å². The zero-order chi connectivity index (χ0) is 31.8. The number of hydrogen-bond acceptors (Lipinski definition) is 13. The molecule has 13 nitrogen and oxygen atoms in total. The number of methoxy groups -OCH3 is 4. The predicted molar refractivity (Wildman–Crippen MR) is 156 cm³/mol. The van der Waals surface area contributed by atoms with Crippen LogP contribution in [0.2, 0.25) is 0 Å². The van der Waals surface area contributed by atoms with E-state index in [9.17, 15) is 19.2 Å². The molecule has 0 saturated carbocycles. The highest BCUT2D eigenvalue weighted by molar-refractivity contribution is 5.84. The molecule has 0 bridgehead atoms. The third-order valence-electron chi connectivity index (χ3n) is 5.94. The third-order valence-corrected chi connectivity index (χ3v) is 5.94. The topological polar surface area (TPSA) is 154 Å². The summed E-state index contributed by atoms with van der Waals surface area (Å²) in [4.78, 5) is 51.3. The predicted octanol–water partition coefficient (Wildman–Crippen LogP) is 2.29. The number of hydrogen-bond donors (Lipinski definition) is 0. The Balaban J connectivity index is 2.36. The van der Waals surface area contributed by atoms with Gasteiger partial charge in [0.25, 0.3) is 0 Å². The Morgan fingerprint density at radius 3 is 1.77 bits per heavy atom. The van der Waals surface area contributed by atoms with Gasteiger partial charge < -0.3 is 38.2 Å². The molecule has 0 unspecified atom stereocenters. The first-order valence-electron chi connectivity index (χ1n) is 13.0. The van der Waals surface area contributed by atoms with Gasteiger partial charge >= 0.3 is 23.9 Å². The van der Waals surface area contributed by atoms with Crippen molar-refractivity contribution in [3.05, 3.63) is 53.6 Å². The largest absolute Gasteiger partial charge is 0.488 e. The summed E-state index contributed by atoms with van der Waals surface area (Å²) in [7, 11) is 4.96. The second-order valence-electron chi connectivity index (χ2n) is 8.84. The van der Waals surface area contributed by atoms with Crippen LogP contribution in [0.1, 0.15) is 11.1 Å². The Morgan fingerprint density at radius 1 is 0.744 bits per heavy atom. The quantitative estimate of drug-likeness (QED) is 0.120. The smallest absolute Gasteiger partial charge is 0.325 e. The monoisotopic (exact) mass is 597 g/mol. The second-order valence-corrected chi connectivity index (χ2v) is 8.84. The highest BCUT2D eigenvalue weighted by atomic mass is 16.5. The van der Waals surface area contributed by atoms with Crippen LogP contribution in [0.5, 0.6) is 11.5 Å². The van der Waals surface area contributed by atoms with Crippen molar-refractivity contribution in [1.82, 2.24) is 0 Å². The lowest BCUT2D eigenvalue weighted by molar-refractivity contribution is -0.141. The van der Waals surface area contributed by atoms with Gasteiger partial charge in [0.1, 0.15) is 50.9 Å². The van der Waals surface area contributed by atoms with Crippen LogP contribution in [-0.2, 0) is 38.1 Å². The van der Waals surface area contributed by atoms with E-state index >= 15 is 0 Å². The lowest BCUT2D eigenvalue weighted by Crippen LogP contribution is -2.36. The Bertz CT molecular complexity index is 1320. The van der Waals surface area contributed by atoms with E-state index in [-0.39, 0.29) is 45.1 Å². The summed E-state index contributed by atoms with van der Waals surface area (Å²) in [5.74, 6) is -1.63. The van der Waals surface area contributed by atoms with Crippen molar-refractivity contribution < 1.29 is 47.6 Å². The van der Waals surface area contributed by atoms with Crippen molar-refractivity contribution in [2.75, 3.05) is 77.6 Å². The summed E-state index contributed by atoms with van der Waals surface area (Å²) in [6, 6.07) is 12.3. The minimum atomic E-state index is -0.591. The number of rotatable bonds is 16. The molecule has 0 aliphatic carbocycles. The van der Waals surface area contributed by atoms with Gasteiger partial charge in [-0.25, -0.2) is 0 Å². The van der Waals surface area contributed by atoms with Gasteiger partial charge in [0.15, 0.2) is 0 Å². The number of carbonyl (C=O) groups excluding carboxylic acids is 4. The number of nitriles is 1. The molecule has 13 heteroatoms. The molecular weight excluding hydrogens is 562 g/mol. The summed E-state index contributed by atoms with van der Waals surface area (Å²) in [5, 5.41) is 9.08. The number of aryl methyl sites for hydroxylation is 1. The van der Waals surface area contributed by atoms with Crippen molar-refractivity contribution in [2.45, 2.75) is 6.92 Å². The minimum Gasteiger partial charge on any atom is -0.488 e. The van der Waals surface area contributed by atoms with Gasteiger partial charge in [0, 0.05) is 11.6 Å². The lowest BCUT2D eigenvalue weighted by atomic mass is 10.1. The first kappa shape index (κ1) is 34.0. The molecule has 2 rings (SSSR count). The summed E-state index contributed by atoms with van der Waals surface area (Å²) < 4.78 is 31.3. The average Bonchev–Trinajstić information content (AvgIpc) is 3.01. The van der Waals surface area contributed by atoms with E-state index < -0.39 is 23.9 Å². The van der Waals surface area contributed by atoms with Gasteiger partial charge in [0.05, 0.1) is 45.9 Å². The minimum absolute atomic E-state index is 0.00389. The normalized spacial score (nSPS) is 10.3. The second kappa shape index (κ2) is 17.5. The molecule has 0 aliphatic heterocycles. The van der Waals surface area contributed by atoms with Gasteiger partial charge in [-0.05, 0) is 36.8 Å². The Kier molecular flexibility index (Phi) is 13.8. The maximum atomic E-state index is 12.1. The molecule has 230 valence electrons. The van der Waals surface area contributed by atoms with E-state index in [0.29, 0.717) is 22.7 Å². The molecule has 43 heavy (non-hydrogen) atoms. The summed E-state index contributed by atoms with van der Waals surface area (Å²) in [5.41, 5.74) is 2.22. The standard InChI is InChI=1S/C30H35N3O10/c1-21-11-12-23(32(17-26(34)38-2)18-27(35)39-3)25(16-21)42-14-15-43-30-22(9-7-13-31)8-6-10-24(30)33(19-28(36)40-4)20-29(37)41-5/h6-12,16H,14-15,17-20H2,1-5H3/b9-7+. The van der Waals surface area contributed by atoms with Crippen molar-refractivity contribution in [2.24, 2.45) is 0 Å². The number of nitrogens with zero attached hydrogens (tertiary/aromatic N) is 3. The molecule has 0 amide bonds. The van der Waals surface area contributed by atoms with Crippen molar-refractivity contribution in [1.29, 1.82) is 5.26 Å². The summed E-state index contributed by atoms with van der Waals surface area (Å²) in [6.45, 7) is 0.888. The number of anilines is 2. The fraction of sp³-hybridized carbons (Fsp3) is 0.367. The van der Waals surface area contributed by atoms with Crippen LogP contribution in [0.25, 0.3) is 6.08 Å². The number of allylic oxidation sites excluding steroid dienone is 1. The number of ether oxygens (including phenoxy) is 6. The Labute approximate surface area is 250 Å². The van der Waals surface area contributed by atoms with Crippen molar-refractivity contribution in [3.63, 3.8) is 0 Å². The average molecular weight is 598 g/mol. The van der Waals surface area contributed by atoms with Gasteiger partial charge in [-0.15, -0.1) is 0 Å². The van der Waals surface area contributed by atoms with Crippen LogP contribution in [0.4, 0.5) is 11.4 Å². The molecule has 2 aromatic carbocycles. The zero-order valence-corrected chi connectivity index (χ0v) is 24.8. The summed E-state index contributed by atoms with van der Waals surface area (Å²) >= 11 is 0. The molecule has 0 aromatic heterocycles. The van der Waals surface area contributed by atoms with Crippen molar-refractivity contribution in [3.8, 4) is 17.6 Å². The number of esters is 4. The molecule has 0 spiro atoms. The molecule has 0 radical (unpaired) electrons. The molecular formula is C30H35N3O10. The fourth-order valence-electron chi connectivity index (χ4n) is 3.83. The highest BCUT2D eigenvalue weighted by Crippen LogP contribution is 2.34. The number of para-hydroxylation sites is 1. The molecule has 0 saturated heterocycles. The van der Waals surface area contributed by atoms with Crippen LogP contribution in [0.15, 0.2) is 42.5 Å². The Hall–Kier alpha value is -5.25. The van der Waals surface area contributed by atoms with E-state index in [4.69, 9.17) is 33.7 Å². The van der Waals surface area contributed by atoms with Crippen LogP contribution >= 0.6 is 0 Å². The summed E-state index contributed by atoms with van der Waals surface area (Å²) in [6.07, 6.45) is 2.80. The van der Waals surface area contributed by atoms with Gasteiger partial charge in [0.2, 0.25) is 0 Å². The van der Waals surface area contributed by atoms with Gasteiger partial charge in [-0.1, -0.05) is 18.2 Å². The first-order valence-corrected chi connectivity index (χ1v) is 13.0. The SMILES string of the molecule is COC(=O)CN(CC(=O)OC)c1ccc(C)cc1OCCOc1c(/C=C/C#N)cccc1N(CC(=O)OC)CC(=O)OC. The molecule has 2 aromatic rings. The van der Waals surface area contributed by atoms with Crippen LogP contribution in [0, 0.1) is 18.3 Å². The Morgan fingerprint density at radius 2 is 1.26 bits per heavy atom. The van der Waals surface area contributed by atoms with E-state index in [0.717, 1.165) is 5.56 Å². The maximum Gasteiger partial charge on any atom is 0.325 e. The van der Waals surface area contributed by atoms with Crippen LogP contribution < -0.4 is 19.3 Å². The van der Waals surface area contributed by atoms with E-state index in [1.807, 2.05) is 19.1 Å². The van der Waals surface area contributed by atoms with Crippen molar-refractivity contribution >= 4 is 41.3 Å².